The van der Waals surface area contributed by atoms with Gasteiger partial charge in [0.2, 0.25) is 5.91 Å². The molecule has 0 atom stereocenters. The number of imide groups is 1. The number of aliphatic carboxylic acids is 1. The molecule has 0 bridgehead atoms. The van der Waals surface area contributed by atoms with Crippen molar-refractivity contribution in [2.24, 2.45) is 0 Å². The third kappa shape index (κ3) is 7.43. The van der Waals surface area contributed by atoms with Crippen molar-refractivity contribution >= 4 is 17.9 Å². The van der Waals surface area contributed by atoms with Gasteiger partial charge in [0.25, 0.3) is 0 Å². The van der Waals surface area contributed by atoms with Gasteiger partial charge in [-0.2, -0.15) is 0 Å². The number of carbonyl (C=O) groups is 3. The Bertz CT molecular complexity index is 315. The molecule has 0 radical (unpaired) electrons. The smallest absolute Gasteiger partial charge is 0.324 e. The molecule has 0 saturated heterocycles. The van der Waals surface area contributed by atoms with E-state index in [-0.39, 0.29) is 18.7 Å². The number of carboxylic acid groups (broad SMARTS) is 1. The molecular formula is C12H20N2O4. The van der Waals surface area contributed by atoms with Gasteiger partial charge >= 0.3 is 12.0 Å². The van der Waals surface area contributed by atoms with Crippen molar-refractivity contribution in [3.63, 3.8) is 0 Å². The normalized spacial score (nSPS) is 9.61. The number of rotatable bonds is 8. The van der Waals surface area contributed by atoms with Gasteiger partial charge in [0.1, 0.15) is 0 Å². The molecule has 0 fully saturated rings. The molecule has 102 valence electrons. The summed E-state index contributed by atoms with van der Waals surface area (Å²) in [5, 5.41) is 10.7. The molecule has 0 rings (SSSR count). The number of urea groups is 1. The van der Waals surface area contributed by atoms with Crippen LogP contribution in [-0.2, 0) is 9.59 Å². The van der Waals surface area contributed by atoms with Gasteiger partial charge in [-0.25, -0.2) is 4.79 Å². The van der Waals surface area contributed by atoms with E-state index in [2.05, 4.69) is 11.9 Å². The lowest BCUT2D eigenvalue weighted by Crippen LogP contribution is -2.42. The molecule has 0 unspecified atom stereocenters. The number of amides is 3. The van der Waals surface area contributed by atoms with E-state index >= 15 is 0 Å². The van der Waals surface area contributed by atoms with Gasteiger partial charge in [-0.1, -0.05) is 6.08 Å². The number of hydrogen-bond acceptors (Lipinski definition) is 3. The van der Waals surface area contributed by atoms with Crippen molar-refractivity contribution in [3.8, 4) is 0 Å². The molecule has 0 heterocycles. The third-order valence-corrected chi connectivity index (χ3v) is 2.31. The Morgan fingerprint density at radius 1 is 1.28 bits per heavy atom. The van der Waals surface area contributed by atoms with Crippen LogP contribution >= 0.6 is 0 Å². The SMILES string of the molecule is C=CCN(CC)C(=O)NC(=O)CCCCC(=O)O. The lowest BCUT2D eigenvalue weighted by Gasteiger charge is -2.18. The Kier molecular flexibility index (Phi) is 8.26. The lowest BCUT2D eigenvalue weighted by molar-refractivity contribution is -0.137. The second-order valence-corrected chi connectivity index (χ2v) is 3.78. The maximum Gasteiger partial charge on any atom is 0.324 e. The Hall–Kier alpha value is -1.85. The number of likely N-dealkylation sites (N-methyl/N-ethyl adjacent to an activating group) is 1. The zero-order chi connectivity index (χ0) is 14.0. The standard InChI is InChI=1S/C12H20N2O4/c1-3-9-14(4-2)12(18)13-10(15)7-5-6-8-11(16)17/h3H,1,4-9H2,2H3,(H,16,17)(H,13,15,18). The fourth-order valence-electron chi connectivity index (χ4n) is 1.33. The first-order valence-electron chi connectivity index (χ1n) is 5.92. The van der Waals surface area contributed by atoms with Gasteiger partial charge in [-0.05, 0) is 19.8 Å². The Labute approximate surface area is 107 Å². The van der Waals surface area contributed by atoms with E-state index < -0.39 is 12.0 Å². The Morgan fingerprint density at radius 3 is 2.39 bits per heavy atom. The first kappa shape index (κ1) is 16.1. The van der Waals surface area contributed by atoms with Crippen LogP contribution in [0.15, 0.2) is 12.7 Å². The quantitative estimate of drug-likeness (QED) is 0.507. The van der Waals surface area contributed by atoms with Gasteiger partial charge in [0.05, 0.1) is 0 Å². The molecule has 0 saturated carbocycles. The highest BCUT2D eigenvalue weighted by molar-refractivity contribution is 5.94. The zero-order valence-corrected chi connectivity index (χ0v) is 10.6. The topological polar surface area (TPSA) is 86.7 Å². The molecular weight excluding hydrogens is 236 g/mol. The number of nitrogens with zero attached hydrogens (tertiary/aromatic N) is 1. The summed E-state index contributed by atoms with van der Waals surface area (Å²) in [6.45, 7) is 6.20. The molecule has 0 aliphatic carbocycles. The van der Waals surface area contributed by atoms with Crippen LogP contribution in [-0.4, -0.2) is 41.0 Å². The molecule has 0 aromatic heterocycles. The predicted molar refractivity (Wildman–Crippen MR) is 67.1 cm³/mol. The third-order valence-electron chi connectivity index (χ3n) is 2.31. The Morgan fingerprint density at radius 2 is 1.89 bits per heavy atom. The van der Waals surface area contributed by atoms with E-state index in [1.807, 2.05) is 0 Å². The van der Waals surface area contributed by atoms with E-state index in [1.54, 1.807) is 13.0 Å². The molecule has 0 aromatic rings. The molecule has 3 amide bonds. The van der Waals surface area contributed by atoms with Crippen LogP contribution in [0.5, 0.6) is 0 Å². The Balaban J connectivity index is 3.89. The van der Waals surface area contributed by atoms with Gasteiger partial charge in [-0.3, -0.25) is 14.9 Å². The van der Waals surface area contributed by atoms with E-state index in [0.717, 1.165) is 0 Å². The van der Waals surface area contributed by atoms with Crippen molar-refractivity contribution in [2.45, 2.75) is 32.6 Å². The summed E-state index contributed by atoms with van der Waals surface area (Å²) < 4.78 is 0. The highest BCUT2D eigenvalue weighted by Crippen LogP contribution is 2.00. The number of unbranched alkanes of at least 4 members (excludes halogenated alkanes) is 1. The minimum atomic E-state index is -0.880. The van der Waals surface area contributed by atoms with Crippen LogP contribution in [0, 0.1) is 0 Å². The molecule has 6 heteroatoms. The van der Waals surface area contributed by atoms with Crippen molar-refractivity contribution in [1.29, 1.82) is 0 Å². The highest BCUT2D eigenvalue weighted by Gasteiger charge is 2.13. The summed E-state index contributed by atoms with van der Waals surface area (Å²) in [5.74, 6) is -1.26. The second kappa shape index (κ2) is 9.21. The monoisotopic (exact) mass is 256 g/mol. The van der Waals surface area contributed by atoms with Gasteiger partial charge in [-0.15, -0.1) is 6.58 Å². The maximum atomic E-state index is 11.6. The molecule has 2 N–H and O–H groups in total. The van der Waals surface area contributed by atoms with E-state index in [0.29, 0.717) is 25.9 Å². The van der Waals surface area contributed by atoms with E-state index in [4.69, 9.17) is 5.11 Å². The lowest BCUT2D eigenvalue weighted by atomic mass is 10.2. The summed E-state index contributed by atoms with van der Waals surface area (Å²) in [5.41, 5.74) is 0. The van der Waals surface area contributed by atoms with Crippen molar-refractivity contribution in [2.75, 3.05) is 13.1 Å². The van der Waals surface area contributed by atoms with Crippen LogP contribution in [0.2, 0.25) is 0 Å². The fourth-order valence-corrected chi connectivity index (χ4v) is 1.33. The summed E-state index contributed by atoms with van der Waals surface area (Å²) >= 11 is 0. The maximum absolute atomic E-state index is 11.6. The molecule has 6 nitrogen and oxygen atoms in total. The van der Waals surface area contributed by atoms with Crippen LogP contribution in [0.1, 0.15) is 32.6 Å². The minimum Gasteiger partial charge on any atom is -0.481 e. The summed E-state index contributed by atoms with van der Waals surface area (Å²) in [7, 11) is 0. The van der Waals surface area contributed by atoms with Gasteiger partial charge < -0.3 is 10.0 Å². The minimum absolute atomic E-state index is 0.0405. The van der Waals surface area contributed by atoms with Gasteiger partial charge in [0, 0.05) is 25.9 Å². The molecule has 18 heavy (non-hydrogen) atoms. The van der Waals surface area contributed by atoms with Crippen LogP contribution in [0.25, 0.3) is 0 Å². The fraction of sp³-hybridized carbons (Fsp3) is 0.583. The first-order chi connectivity index (χ1) is 8.51. The average Bonchev–Trinajstić information content (AvgIpc) is 2.31. The first-order valence-corrected chi connectivity index (χ1v) is 5.92. The van der Waals surface area contributed by atoms with E-state index in [1.165, 1.54) is 4.90 Å². The summed E-state index contributed by atoms with van der Waals surface area (Å²) in [6.07, 6.45) is 2.67. The van der Waals surface area contributed by atoms with Crippen LogP contribution in [0.4, 0.5) is 4.79 Å². The van der Waals surface area contributed by atoms with Crippen molar-refractivity contribution in [3.05, 3.63) is 12.7 Å². The van der Waals surface area contributed by atoms with Crippen LogP contribution < -0.4 is 5.32 Å². The molecule has 0 aliphatic rings. The molecule has 0 aliphatic heterocycles. The molecule has 0 aromatic carbocycles. The summed E-state index contributed by atoms with van der Waals surface area (Å²) in [6, 6.07) is -0.444. The highest BCUT2D eigenvalue weighted by atomic mass is 16.4. The van der Waals surface area contributed by atoms with Crippen LogP contribution in [0.3, 0.4) is 0 Å². The van der Waals surface area contributed by atoms with Crippen molar-refractivity contribution < 1.29 is 19.5 Å². The van der Waals surface area contributed by atoms with E-state index in [9.17, 15) is 14.4 Å². The number of carbonyl (C=O) groups excluding carboxylic acids is 2. The number of carboxylic acids is 1. The second-order valence-electron chi connectivity index (χ2n) is 3.78. The van der Waals surface area contributed by atoms with Crippen molar-refractivity contribution in [1.82, 2.24) is 10.2 Å². The summed E-state index contributed by atoms with van der Waals surface area (Å²) in [4.78, 5) is 34.7. The molecule has 0 spiro atoms. The number of hydrogen-bond donors (Lipinski definition) is 2. The average molecular weight is 256 g/mol. The number of nitrogens with one attached hydrogen (secondary N) is 1. The zero-order valence-electron chi connectivity index (χ0n) is 10.6. The van der Waals surface area contributed by atoms with Gasteiger partial charge in [0.15, 0.2) is 0 Å². The predicted octanol–water partition coefficient (Wildman–Crippen LogP) is 1.38. The largest absolute Gasteiger partial charge is 0.481 e.